The standard InChI is InChI=1S/C27H35BrN6O4S/c1-27(2,3)38-26(35)34-33-24-20-8-4-6-10-22(20)31-25(32-24)29-16-18-12-14-19(15-13-18)17-30-39(36,37)23-11-7-5-9-21(23)28/h4-11,18-19,30H,12-17H2,1-3H3,(H,34,35)(H2,29,31,32,33)/t18-,19-. The monoisotopic (exact) mass is 618 g/mol. The summed E-state index contributed by atoms with van der Waals surface area (Å²) in [5, 5.41) is 4.12. The predicted molar refractivity (Wildman–Crippen MR) is 156 cm³/mol. The van der Waals surface area contributed by atoms with Crippen molar-refractivity contribution < 1.29 is 17.9 Å². The third kappa shape index (κ3) is 8.26. The van der Waals surface area contributed by atoms with E-state index in [-0.39, 0.29) is 4.90 Å². The number of anilines is 2. The normalized spacial score (nSPS) is 17.9. The van der Waals surface area contributed by atoms with Crippen molar-refractivity contribution in [2.75, 3.05) is 23.8 Å². The lowest BCUT2D eigenvalue weighted by molar-refractivity contribution is 0.0541. The van der Waals surface area contributed by atoms with Crippen molar-refractivity contribution in [2.45, 2.75) is 57.0 Å². The van der Waals surface area contributed by atoms with Gasteiger partial charge in [-0.25, -0.2) is 28.3 Å². The summed E-state index contributed by atoms with van der Waals surface area (Å²) in [6.07, 6.45) is 3.24. The molecule has 1 heterocycles. The molecule has 1 aromatic heterocycles. The lowest BCUT2D eigenvalue weighted by atomic mass is 9.82. The summed E-state index contributed by atoms with van der Waals surface area (Å²) >= 11 is 3.32. The number of benzene rings is 2. The van der Waals surface area contributed by atoms with Crippen molar-refractivity contribution >= 4 is 54.7 Å². The first-order chi connectivity index (χ1) is 18.5. The van der Waals surface area contributed by atoms with Crippen LogP contribution in [0.2, 0.25) is 0 Å². The van der Waals surface area contributed by atoms with E-state index in [2.05, 4.69) is 46.8 Å². The number of fused-ring (bicyclic) bond motifs is 1. The molecule has 4 N–H and O–H groups in total. The third-order valence-corrected chi connectivity index (χ3v) is 8.92. The molecule has 1 saturated carbocycles. The van der Waals surface area contributed by atoms with Gasteiger partial charge in [0.25, 0.3) is 0 Å². The van der Waals surface area contributed by atoms with Gasteiger partial charge in [-0.3, -0.25) is 5.43 Å². The molecule has 0 bridgehead atoms. The van der Waals surface area contributed by atoms with Crippen LogP contribution in [0.5, 0.6) is 0 Å². The molecule has 1 aliphatic carbocycles. The zero-order valence-corrected chi connectivity index (χ0v) is 24.7. The Bertz CT molecular complexity index is 1400. The smallest absolute Gasteiger partial charge is 0.426 e. The Labute approximate surface area is 237 Å². The molecule has 39 heavy (non-hydrogen) atoms. The van der Waals surface area contributed by atoms with Crippen molar-refractivity contribution in [3.8, 4) is 0 Å². The zero-order chi connectivity index (χ0) is 28.0. The Kier molecular flexibility index (Phi) is 9.29. The molecule has 12 heteroatoms. The van der Waals surface area contributed by atoms with Crippen molar-refractivity contribution in [1.82, 2.24) is 20.1 Å². The summed E-state index contributed by atoms with van der Waals surface area (Å²) in [7, 11) is -3.56. The van der Waals surface area contributed by atoms with Crippen LogP contribution in [0.4, 0.5) is 16.6 Å². The van der Waals surface area contributed by atoms with Gasteiger partial charge < -0.3 is 10.1 Å². The number of aromatic nitrogens is 2. The van der Waals surface area contributed by atoms with E-state index >= 15 is 0 Å². The maximum Gasteiger partial charge on any atom is 0.426 e. The highest BCUT2D eigenvalue weighted by atomic mass is 79.9. The molecule has 2 aromatic carbocycles. The van der Waals surface area contributed by atoms with Gasteiger partial charge in [0.1, 0.15) is 5.60 Å². The van der Waals surface area contributed by atoms with Crippen molar-refractivity contribution in [1.29, 1.82) is 0 Å². The average Bonchev–Trinajstić information content (AvgIpc) is 2.89. The molecule has 1 amide bonds. The number of para-hydroxylation sites is 1. The molecule has 0 spiro atoms. The number of hydrogen-bond donors (Lipinski definition) is 4. The Balaban J connectivity index is 1.30. The van der Waals surface area contributed by atoms with Crippen LogP contribution in [-0.4, -0.2) is 43.2 Å². The number of amides is 1. The van der Waals surface area contributed by atoms with Crippen LogP contribution in [0.1, 0.15) is 46.5 Å². The van der Waals surface area contributed by atoms with Gasteiger partial charge in [-0.05, 0) is 98.5 Å². The average molecular weight is 620 g/mol. The molecule has 1 fully saturated rings. The van der Waals surface area contributed by atoms with Crippen molar-refractivity contribution in [2.24, 2.45) is 11.8 Å². The SMILES string of the molecule is CC(C)(C)OC(=O)NNc1nc(NC[C@H]2CC[C@H](CNS(=O)(=O)c3ccccc3Br)CC2)nc2ccccc12. The highest BCUT2D eigenvalue weighted by Gasteiger charge is 2.24. The zero-order valence-electron chi connectivity index (χ0n) is 22.3. The minimum atomic E-state index is -3.56. The number of halogens is 1. The van der Waals surface area contributed by atoms with E-state index in [1.165, 1.54) is 0 Å². The molecule has 210 valence electrons. The van der Waals surface area contributed by atoms with Gasteiger partial charge in [-0.2, -0.15) is 4.98 Å². The molecule has 4 rings (SSSR count). The molecule has 0 aliphatic heterocycles. The van der Waals surface area contributed by atoms with Crippen molar-refractivity contribution in [3.05, 3.63) is 53.0 Å². The summed E-state index contributed by atoms with van der Waals surface area (Å²) in [6, 6.07) is 14.4. The first-order valence-corrected chi connectivity index (χ1v) is 15.3. The first kappa shape index (κ1) is 29.0. The van der Waals surface area contributed by atoms with Crippen molar-refractivity contribution in [3.63, 3.8) is 0 Å². The number of nitrogens with one attached hydrogen (secondary N) is 4. The maximum absolute atomic E-state index is 12.7. The van der Waals surface area contributed by atoms with Gasteiger partial charge in [-0.15, -0.1) is 0 Å². The number of hydrazine groups is 1. The molecular weight excluding hydrogens is 584 g/mol. The summed E-state index contributed by atoms with van der Waals surface area (Å²) in [4.78, 5) is 21.6. The van der Waals surface area contributed by atoms with Gasteiger partial charge in [0.05, 0.1) is 10.4 Å². The van der Waals surface area contributed by atoms with Gasteiger partial charge >= 0.3 is 6.09 Å². The second kappa shape index (κ2) is 12.5. The van der Waals surface area contributed by atoms with Crippen LogP contribution in [0.25, 0.3) is 10.9 Å². The molecule has 0 atom stereocenters. The van der Waals surface area contributed by atoms with E-state index < -0.39 is 21.7 Å². The van der Waals surface area contributed by atoms with E-state index in [1.807, 2.05) is 24.3 Å². The number of nitrogens with zero attached hydrogens (tertiary/aromatic N) is 2. The topological polar surface area (TPSA) is 134 Å². The largest absolute Gasteiger partial charge is 0.443 e. The quantitative estimate of drug-likeness (QED) is 0.233. The van der Waals surface area contributed by atoms with Crippen LogP contribution in [0.15, 0.2) is 57.9 Å². The van der Waals surface area contributed by atoms with E-state index in [1.54, 1.807) is 45.0 Å². The van der Waals surface area contributed by atoms with Crippen LogP contribution in [-0.2, 0) is 14.8 Å². The van der Waals surface area contributed by atoms with Crippen LogP contribution in [0.3, 0.4) is 0 Å². The molecule has 3 aromatic rings. The lowest BCUT2D eigenvalue weighted by Crippen LogP contribution is -2.36. The van der Waals surface area contributed by atoms with E-state index in [9.17, 15) is 13.2 Å². The second-order valence-electron chi connectivity index (χ2n) is 10.7. The Morgan fingerprint density at radius 2 is 1.62 bits per heavy atom. The molecule has 0 unspecified atom stereocenters. The van der Waals surface area contributed by atoms with Gasteiger partial charge in [0.2, 0.25) is 16.0 Å². The molecule has 10 nitrogen and oxygen atoms in total. The third-order valence-electron chi connectivity index (χ3n) is 6.49. The molecular formula is C27H35BrN6O4S. The highest BCUT2D eigenvalue weighted by Crippen LogP contribution is 2.30. The molecule has 1 aliphatic rings. The lowest BCUT2D eigenvalue weighted by Gasteiger charge is -2.28. The Morgan fingerprint density at radius 3 is 2.31 bits per heavy atom. The second-order valence-corrected chi connectivity index (χ2v) is 13.3. The summed E-state index contributed by atoms with van der Waals surface area (Å²) < 4.78 is 34.0. The van der Waals surface area contributed by atoms with Gasteiger partial charge in [0, 0.05) is 22.9 Å². The number of ether oxygens (including phenoxy) is 1. The molecule has 0 saturated heterocycles. The van der Waals surface area contributed by atoms with Crippen LogP contribution < -0.4 is 20.9 Å². The van der Waals surface area contributed by atoms with Crippen LogP contribution >= 0.6 is 15.9 Å². The summed E-state index contributed by atoms with van der Waals surface area (Å²) in [5.41, 5.74) is 5.53. The Hall–Kier alpha value is -2.96. The highest BCUT2D eigenvalue weighted by molar-refractivity contribution is 9.10. The number of carbonyl (C=O) groups is 1. The van der Waals surface area contributed by atoms with E-state index in [4.69, 9.17) is 4.74 Å². The maximum atomic E-state index is 12.7. The molecule has 0 radical (unpaired) electrons. The first-order valence-electron chi connectivity index (χ1n) is 13.0. The predicted octanol–water partition coefficient (Wildman–Crippen LogP) is 5.44. The van der Waals surface area contributed by atoms with E-state index in [0.717, 1.165) is 36.6 Å². The fraction of sp³-hybridized carbons (Fsp3) is 0.444. The fourth-order valence-corrected chi connectivity index (χ4v) is 6.63. The van der Waals surface area contributed by atoms with Gasteiger partial charge in [-0.1, -0.05) is 24.3 Å². The number of carbonyl (C=O) groups excluding carboxylic acids is 1. The number of hydrogen-bond acceptors (Lipinski definition) is 8. The van der Waals surface area contributed by atoms with E-state index in [0.29, 0.717) is 41.2 Å². The summed E-state index contributed by atoms with van der Waals surface area (Å²) in [5.74, 6) is 1.65. The fourth-order valence-electron chi connectivity index (χ4n) is 4.51. The van der Waals surface area contributed by atoms with Crippen LogP contribution in [0, 0.1) is 11.8 Å². The summed E-state index contributed by atoms with van der Waals surface area (Å²) in [6.45, 7) is 6.52. The minimum absolute atomic E-state index is 0.258. The number of sulfonamides is 1. The van der Waals surface area contributed by atoms with Gasteiger partial charge in [0.15, 0.2) is 5.82 Å². The minimum Gasteiger partial charge on any atom is -0.443 e. The number of rotatable bonds is 9. The Morgan fingerprint density at radius 1 is 0.974 bits per heavy atom.